The molecule has 0 aliphatic rings. The molecule has 0 aliphatic carbocycles. The van der Waals surface area contributed by atoms with Crippen LogP contribution < -0.4 is 0 Å². The van der Waals surface area contributed by atoms with Crippen LogP contribution in [-0.2, 0) is 0 Å². The first-order valence-corrected chi connectivity index (χ1v) is 6.81. The van der Waals surface area contributed by atoms with Gasteiger partial charge >= 0.3 is 0 Å². The van der Waals surface area contributed by atoms with Crippen molar-refractivity contribution in [2.24, 2.45) is 0 Å². The summed E-state index contributed by atoms with van der Waals surface area (Å²) < 4.78 is 5.58. The summed E-state index contributed by atoms with van der Waals surface area (Å²) in [5.41, 5.74) is 2.13. The van der Waals surface area contributed by atoms with Crippen LogP contribution in [0.1, 0.15) is 21.7 Å². The fourth-order valence-electron chi connectivity index (χ4n) is 2.09. The summed E-state index contributed by atoms with van der Waals surface area (Å²) in [6.07, 6.45) is 0. The molecule has 0 amide bonds. The van der Waals surface area contributed by atoms with Crippen LogP contribution in [0.5, 0.6) is 0 Å². The first-order valence-electron chi connectivity index (χ1n) is 6.05. The lowest BCUT2D eigenvalue weighted by atomic mass is 10.1. The molecule has 3 aromatic rings. The van der Waals surface area contributed by atoms with Gasteiger partial charge in [-0.05, 0) is 37.3 Å². The summed E-state index contributed by atoms with van der Waals surface area (Å²) in [6.45, 7) is 1.99. The van der Waals surface area contributed by atoms with E-state index in [2.05, 4.69) is 0 Å². The number of hydrogen-bond donors (Lipinski definition) is 0. The molecule has 0 saturated carbocycles. The molecule has 0 fully saturated rings. The molecular formula is C16H10Cl2O2. The molecule has 20 heavy (non-hydrogen) atoms. The molecule has 100 valence electrons. The predicted octanol–water partition coefficient (Wildman–Crippen LogP) is 5.28. The number of carbonyl (C=O) groups excluding carboxylic acids is 1. The average Bonchev–Trinajstić information content (AvgIpc) is 2.84. The lowest BCUT2D eigenvalue weighted by molar-refractivity contribution is 0.101. The minimum Gasteiger partial charge on any atom is -0.453 e. The normalized spacial score (nSPS) is 10.9. The number of carbonyl (C=O) groups is 1. The molecule has 1 aromatic heterocycles. The highest BCUT2D eigenvalue weighted by molar-refractivity contribution is 6.44. The van der Waals surface area contributed by atoms with Crippen LogP contribution in [0.2, 0.25) is 10.0 Å². The van der Waals surface area contributed by atoms with Gasteiger partial charge < -0.3 is 4.42 Å². The van der Waals surface area contributed by atoms with E-state index < -0.39 is 0 Å². The average molecular weight is 305 g/mol. The summed E-state index contributed by atoms with van der Waals surface area (Å²) >= 11 is 12.0. The van der Waals surface area contributed by atoms with Crippen LogP contribution in [0.15, 0.2) is 46.9 Å². The van der Waals surface area contributed by atoms with Crippen molar-refractivity contribution in [1.82, 2.24) is 0 Å². The quantitative estimate of drug-likeness (QED) is 0.603. The maximum Gasteiger partial charge on any atom is 0.229 e. The Morgan fingerprint density at radius 2 is 1.90 bits per heavy atom. The van der Waals surface area contributed by atoms with Crippen molar-refractivity contribution in [3.8, 4) is 0 Å². The molecule has 0 spiro atoms. The summed E-state index contributed by atoms with van der Waals surface area (Å²) in [5, 5.41) is 1.49. The number of ketones is 1. The van der Waals surface area contributed by atoms with Gasteiger partial charge in [-0.3, -0.25) is 4.79 Å². The lowest BCUT2D eigenvalue weighted by Gasteiger charge is -2.02. The van der Waals surface area contributed by atoms with E-state index in [0.29, 0.717) is 16.2 Å². The third kappa shape index (κ3) is 2.21. The Kier molecular flexibility index (Phi) is 3.28. The number of rotatable bonds is 2. The molecule has 0 N–H and O–H groups in total. The van der Waals surface area contributed by atoms with Crippen LogP contribution in [0.25, 0.3) is 11.0 Å². The Morgan fingerprint density at radius 3 is 2.70 bits per heavy atom. The number of aryl methyl sites for hydroxylation is 1. The van der Waals surface area contributed by atoms with Crippen molar-refractivity contribution in [1.29, 1.82) is 0 Å². The molecule has 0 saturated heterocycles. The molecule has 2 nitrogen and oxygen atoms in total. The summed E-state index contributed by atoms with van der Waals surface area (Å²) in [6, 6.07) is 12.4. The van der Waals surface area contributed by atoms with Gasteiger partial charge in [-0.25, -0.2) is 0 Å². The molecule has 3 rings (SSSR count). The van der Waals surface area contributed by atoms with E-state index in [4.69, 9.17) is 27.6 Å². The second-order valence-electron chi connectivity index (χ2n) is 4.58. The number of fused-ring (bicyclic) bond motifs is 1. The van der Waals surface area contributed by atoms with Gasteiger partial charge in [-0.15, -0.1) is 0 Å². The highest BCUT2D eigenvalue weighted by Gasteiger charge is 2.18. The fraction of sp³-hybridized carbons (Fsp3) is 0.0625. The third-order valence-electron chi connectivity index (χ3n) is 3.09. The fourth-order valence-corrected chi connectivity index (χ4v) is 2.47. The zero-order valence-corrected chi connectivity index (χ0v) is 12.1. The third-order valence-corrected chi connectivity index (χ3v) is 3.91. The number of hydrogen-bond acceptors (Lipinski definition) is 2. The Bertz CT molecular complexity index is 818. The minimum absolute atomic E-state index is 0.246. The van der Waals surface area contributed by atoms with Crippen LogP contribution in [0.3, 0.4) is 0 Å². The van der Waals surface area contributed by atoms with Gasteiger partial charge in [0.25, 0.3) is 0 Å². The molecule has 0 atom stereocenters. The predicted molar refractivity (Wildman–Crippen MR) is 80.8 cm³/mol. The maximum atomic E-state index is 12.4. The van der Waals surface area contributed by atoms with Gasteiger partial charge in [0, 0.05) is 10.9 Å². The van der Waals surface area contributed by atoms with Crippen LogP contribution in [-0.4, -0.2) is 5.78 Å². The maximum absolute atomic E-state index is 12.4. The summed E-state index contributed by atoms with van der Waals surface area (Å²) in [5.74, 6) is -0.0129. The first kappa shape index (κ1) is 13.2. The molecule has 4 heteroatoms. The van der Waals surface area contributed by atoms with Crippen LogP contribution in [0.4, 0.5) is 0 Å². The second-order valence-corrected chi connectivity index (χ2v) is 5.37. The van der Waals surface area contributed by atoms with Gasteiger partial charge in [-0.1, -0.05) is 40.9 Å². The van der Waals surface area contributed by atoms with E-state index in [1.165, 1.54) is 0 Å². The van der Waals surface area contributed by atoms with E-state index in [1.54, 1.807) is 24.3 Å². The van der Waals surface area contributed by atoms with Gasteiger partial charge in [0.2, 0.25) is 5.78 Å². The number of furan rings is 1. The van der Waals surface area contributed by atoms with Crippen molar-refractivity contribution in [3.05, 3.63) is 69.4 Å². The zero-order valence-electron chi connectivity index (χ0n) is 10.6. The molecule has 0 unspecified atom stereocenters. The summed E-state index contributed by atoms with van der Waals surface area (Å²) in [4.78, 5) is 12.4. The molecular weight excluding hydrogens is 295 g/mol. The van der Waals surface area contributed by atoms with Crippen molar-refractivity contribution < 1.29 is 9.21 Å². The standard InChI is InChI=1S/C16H10Cl2O2/c1-9-5-6-13-10(7-9)8-14(20-13)16(19)11-3-2-4-12(17)15(11)18/h2-8H,1H3. The first-order chi connectivity index (χ1) is 9.56. The zero-order chi connectivity index (χ0) is 14.3. The van der Waals surface area contributed by atoms with Crippen molar-refractivity contribution in [2.45, 2.75) is 6.92 Å². The molecule has 2 aromatic carbocycles. The minimum atomic E-state index is -0.272. The Morgan fingerprint density at radius 1 is 1.10 bits per heavy atom. The Labute approximate surface area is 125 Å². The Balaban J connectivity index is 2.10. The second kappa shape index (κ2) is 4.97. The monoisotopic (exact) mass is 304 g/mol. The van der Waals surface area contributed by atoms with Gasteiger partial charge in [0.15, 0.2) is 5.76 Å². The highest BCUT2D eigenvalue weighted by atomic mass is 35.5. The van der Waals surface area contributed by atoms with Crippen LogP contribution in [0, 0.1) is 6.92 Å². The van der Waals surface area contributed by atoms with E-state index in [1.807, 2.05) is 25.1 Å². The smallest absolute Gasteiger partial charge is 0.229 e. The molecule has 0 aliphatic heterocycles. The van der Waals surface area contributed by atoms with Crippen LogP contribution >= 0.6 is 23.2 Å². The van der Waals surface area contributed by atoms with Gasteiger partial charge in [0.1, 0.15) is 5.58 Å². The van der Waals surface area contributed by atoms with Crippen molar-refractivity contribution in [3.63, 3.8) is 0 Å². The van der Waals surface area contributed by atoms with Gasteiger partial charge in [0.05, 0.1) is 10.0 Å². The SMILES string of the molecule is Cc1ccc2oc(C(=O)c3cccc(Cl)c3Cl)cc2c1. The number of halogens is 2. The lowest BCUT2D eigenvalue weighted by Crippen LogP contribution is -2.00. The molecule has 1 heterocycles. The Hall–Kier alpha value is -1.77. The van der Waals surface area contributed by atoms with Crippen molar-refractivity contribution in [2.75, 3.05) is 0 Å². The van der Waals surface area contributed by atoms with E-state index in [0.717, 1.165) is 10.9 Å². The van der Waals surface area contributed by atoms with E-state index in [-0.39, 0.29) is 16.6 Å². The highest BCUT2D eigenvalue weighted by Crippen LogP contribution is 2.29. The van der Waals surface area contributed by atoms with E-state index >= 15 is 0 Å². The van der Waals surface area contributed by atoms with Gasteiger partial charge in [-0.2, -0.15) is 0 Å². The topological polar surface area (TPSA) is 30.2 Å². The molecule has 0 radical (unpaired) electrons. The number of benzene rings is 2. The molecule has 0 bridgehead atoms. The van der Waals surface area contributed by atoms with E-state index in [9.17, 15) is 4.79 Å². The van der Waals surface area contributed by atoms with Crippen molar-refractivity contribution >= 4 is 40.0 Å². The summed E-state index contributed by atoms with van der Waals surface area (Å²) in [7, 11) is 0. The largest absolute Gasteiger partial charge is 0.453 e.